The lowest BCUT2D eigenvalue weighted by Crippen LogP contribution is -2.00. The van der Waals surface area contributed by atoms with E-state index in [9.17, 15) is 4.79 Å². The number of benzene rings is 2. The van der Waals surface area contributed by atoms with Crippen LogP contribution >= 0.6 is 63.7 Å². The summed E-state index contributed by atoms with van der Waals surface area (Å²) in [6, 6.07) is 19.3. The van der Waals surface area contributed by atoms with Crippen molar-refractivity contribution in [3.63, 3.8) is 0 Å². The smallest absolute Gasteiger partial charge is 0.209 e. The number of allylic oxidation sites excluding steroid dienone is 2. The van der Waals surface area contributed by atoms with Gasteiger partial charge >= 0.3 is 0 Å². The summed E-state index contributed by atoms with van der Waals surface area (Å²) in [5.41, 5.74) is 1.86. The number of hydrogen-bond acceptors (Lipinski definition) is 1. The highest BCUT2D eigenvalue weighted by atomic mass is 79.9. The second-order valence-corrected chi connectivity index (χ2v) is 7.49. The normalized spacial score (nSPS) is 13.3. The van der Waals surface area contributed by atoms with Gasteiger partial charge in [-0.3, -0.25) is 4.79 Å². The number of carbonyl (C=O) groups excluding carboxylic acids is 1. The minimum atomic E-state index is -0.147. The summed E-state index contributed by atoms with van der Waals surface area (Å²) in [5.74, 6) is -0.147. The maximum absolute atomic E-state index is 12.6. The predicted octanol–water partition coefficient (Wildman–Crippen LogP) is 6.87. The average molecular weight is 550 g/mol. The van der Waals surface area contributed by atoms with E-state index in [0.29, 0.717) is 17.9 Å². The molecule has 0 atom stereocenters. The van der Waals surface area contributed by atoms with Gasteiger partial charge in [0.2, 0.25) is 5.78 Å². The van der Waals surface area contributed by atoms with Crippen LogP contribution < -0.4 is 0 Å². The van der Waals surface area contributed by atoms with Crippen molar-refractivity contribution >= 4 is 78.5 Å². The molecule has 22 heavy (non-hydrogen) atoms. The number of halogens is 4. The number of hydrogen-bond donors (Lipinski definition) is 0. The molecule has 0 unspecified atom stereocenters. The standard InChI is InChI=1S/C17H10Br4O/c18-13(11-7-3-1-4-8-11)15(20)17(22)16(21)14(19)12-9-5-2-6-10-12/h1-10H. The van der Waals surface area contributed by atoms with Gasteiger partial charge in [0.05, 0.1) is 8.96 Å². The second kappa shape index (κ2) is 8.39. The summed E-state index contributed by atoms with van der Waals surface area (Å²) in [6.45, 7) is 0. The third kappa shape index (κ3) is 4.28. The van der Waals surface area contributed by atoms with Gasteiger partial charge in [0, 0.05) is 8.96 Å². The number of Topliss-reactive ketones (excluding diaryl/α,β-unsaturated/α-hetero) is 1. The Morgan fingerprint density at radius 3 is 1.23 bits per heavy atom. The topological polar surface area (TPSA) is 17.1 Å². The van der Waals surface area contributed by atoms with Gasteiger partial charge in [-0.25, -0.2) is 0 Å². The highest BCUT2D eigenvalue weighted by molar-refractivity contribution is 9.17. The van der Waals surface area contributed by atoms with Crippen LogP contribution in [-0.2, 0) is 4.79 Å². The van der Waals surface area contributed by atoms with E-state index < -0.39 is 0 Å². The first-order chi connectivity index (χ1) is 10.5. The molecule has 0 heterocycles. The Morgan fingerprint density at radius 2 is 0.909 bits per heavy atom. The van der Waals surface area contributed by atoms with Gasteiger partial charge in [0.25, 0.3) is 0 Å². The molecule has 0 amide bonds. The molecule has 0 bridgehead atoms. The van der Waals surface area contributed by atoms with Gasteiger partial charge in [-0.2, -0.15) is 0 Å². The zero-order chi connectivity index (χ0) is 16.1. The van der Waals surface area contributed by atoms with Crippen molar-refractivity contribution in [1.82, 2.24) is 0 Å². The molecule has 0 aliphatic carbocycles. The SMILES string of the molecule is O=C(C(Br)=C(Br)c1ccccc1)C(Br)=C(Br)c1ccccc1. The maximum Gasteiger partial charge on any atom is 0.209 e. The second-order valence-electron chi connectivity index (χ2n) is 4.32. The Hall–Kier alpha value is -0.490. The summed E-state index contributed by atoms with van der Waals surface area (Å²) in [6.07, 6.45) is 0. The fourth-order valence-corrected chi connectivity index (χ4v) is 3.73. The van der Waals surface area contributed by atoms with Gasteiger partial charge in [0.15, 0.2) is 0 Å². The van der Waals surface area contributed by atoms with Gasteiger partial charge in [-0.05, 0) is 74.8 Å². The van der Waals surface area contributed by atoms with E-state index in [4.69, 9.17) is 0 Å². The largest absolute Gasteiger partial charge is 0.287 e. The van der Waals surface area contributed by atoms with Crippen LogP contribution in [0.5, 0.6) is 0 Å². The lowest BCUT2D eigenvalue weighted by Gasteiger charge is -2.07. The molecule has 5 heteroatoms. The molecule has 0 spiro atoms. The van der Waals surface area contributed by atoms with Crippen LogP contribution in [0.15, 0.2) is 69.6 Å². The lowest BCUT2D eigenvalue weighted by molar-refractivity contribution is -0.110. The minimum absolute atomic E-state index is 0.147. The Bertz CT molecular complexity index is 670. The van der Waals surface area contributed by atoms with E-state index in [1.54, 1.807) is 0 Å². The first-order valence-electron chi connectivity index (χ1n) is 6.28. The van der Waals surface area contributed by atoms with Gasteiger partial charge in [-0.1, -0.05) is 60.7 Å². The molecule has 0 aromatic heterocycles. The molecule has 2 aromatic carbocycles. The molecule has 0 aliphatic heterocycles. The van der Waals surface area contributed by atoms with Crippen LogP contribution in [0, 0.1) is 0 Å². The first kappa shape index (κ1) is 17.9. The summed E-state index contributed by atoms with van der Waals surface area (Å²) >= 11 is 13.7. The zero-order valence-electron chi connectivity index (χ0n) is 11.2. The fraction of sp³-hybridized carbons (Fsp3) is 0. The van der Waals surface area contributed by atoms with Crippen molar-refractivity contribution in [2.45, 2.75) is 0 Å². The van der Waals surface area contributed by atoms with E-state index in [2.05, 4.69) is 63.7 Å². The van der Waals surface area contributed by atoms with Crippen molar-refractivity contribution in [2.75, 3.05) is 0 Å². The first-order valence-corrected chi connectivity index (χ1v) is 9.45. The van der Waals surface area contributed by atoms with Crippen molar-refractivity contribution in [1.29, 1.82) is 0 Å². The summed E-state index contributed by atoms with van der Waals surface area (Å²) in [5, 5.41) is 0. The number of rotatable bonds is 4. The third-order valence-corrected chi connectivity index (χ3v) is 7.12. The molecule has 0 N–H and O–H groups in total. The molecule has 0 aliphatic rings. The summed E-state index contributed by atoms with van der Waals surface area (Å²) < 4.78 is 2.34. The molecule has 0 radical (unpaired) electrons. The lowest BCUT2D eigenvalue weighted by atomic mass is 10.1. The molecule has 2 aromatic rings. The van der Waals surface area contributed by atoms with E-state index in [1.165, 1.54) is 0 Å². The number of ketones is 1. The van der Waals surface area contributed by atoms with Crippen LogP contribution in [-0.4, -0.2) is 5.78 Å². The Balaban J connectivity index is 2.39. The van der Waals surface area contributed by atoms with Crippen molar-refractivity contribution in [2.24, 2.45) is 0 Å². The molecule has 0 saturated carbocycles. The quantitative estimate of drug-likeness (QED) is 0.380. The van der Waals surface area contributed by atoms with E-state index >= 15 is 0 Å². The van der Waals surface area contributed by atoms with E-state index in [0.717, 1.165) is 11.1 Å². The molecular formula is C17H10Br4O. The minimum Gasteiger partial charge on any atom is -0.287 e. The molecule has 0 fully saturated rings. The molecule has 112 valence electrons. The molecule has 0 saturated heterocycles. The molecule has 2 rings (SSSR count). The Labute approximate surface area is 163 Å². The van der Waals surface area contributed by atoms with Crippen LogP contribution in [0.2, 0.25) is 0 Å². The fourth-order valence-electron chi connectivity index (χ4n) is 1.72. The van der Waals surface area contributed by atoms with Gasteiger partial charge in [0.1, 0.15) is 0 Å². The third-order valence-electron chi connectivity index (χ3n) is 2.84. The highest BCUT2D eigenvalue weighted by Crippen LogP contribution is 2.36. The monoisotopic (exact) mass is 546 g/mol. The van der Waals surface area contributed by atoms with Gasteiger partial charge in [-0.15, -0.1) is 0 Å². The maximum atomic E-state index is 12.6. The summed E-state index contributed by atoms with van der Waals surface area (Å²) in [7, 11) is 0. The van der Waals surface area contributed by atoms with Crippen molar-refractivity contribution in [3.05, 3.63) is 80.8 Å². The molecule has 1 nitrogen and oxygen atoms in total. The van der Waals surface area contributed by atoms with Crippen LogP contribution in [0.3, 0.4) is 0 Å². The van der Waals surface area contributed by atoms with E-state index in [1.807, 2.05) is 60.7 Å². The average Bonchev–Trinajstić information content (AvgIpc) is 2.60. The van der Waals surface area contributed by atoms with Crippen molar-refractivity contribution < 1.29 is 4.79 Å². The zero-order valence-corrected chi connectivity index (χ0v) is 17.5. The van der Waals surface area contributed by atoms with Crippen LogP contribution in [0.1, 0.15) is 11.1 Å². The Kier molecular flexibility index (Phi) is 6.81. The predicted molar refractivity (Wildman–Crippen MR) is 107 cm³/mol. The number of carbonyl (C=O) groups is 1. The molecular weight excluding hydrogens is 540 g/mol. The van der Waals surface area contributed by atoms with Crippen LogP contribution in [0.4, 0.5) is 0 Å². The summed E-state index contributed by atoms with van der Waals surface area (Å²) in [4.78, 5) is 12.6. The van der Waals surface area contributed by atoms with Crippen molar-refractivity contribution in [3.8, 4) is 0 Å². The highest BCUT2D eigenvalue weighted by Gasteiger charge is 2.18. The van der Waals surface area contributed by atoms with Crippen LogP contribution in [0.25, 0.3) is 8.96 Å². The van der Waals surface area contributed by atoms with Gasteiger partial charge < -0.3 is 0 Å². The Morgan fingerprint density at radius 1 is 0.591 bits per heavy atom. The van der Waals surface area contributed by atoms with E-state index in [-0.39, 0.29) is 5.78 Å².